The molecular weight excluding hydrogens is 397 g/mol. The molecule has 0 aliphatic heterocycles. The molecule has 0 radical (unpaired) electrons. The zero-order valence-electron chi connectivity index (χ0n) is 14.7. The van der Waals surface area contributed by atoms with Gasteiger partial charge in [0.2, 0.25) is 5.78 Å². The number of rotatable bonds is 4. The van der Waals surface area contributed by atoms with E-state index in [0.717, 1.165) is 5.56 Å². The molecule has 0 unspecified atom stereocenters. The number of aryl methyl sites for hydroxylation is 1. The first kappa shape index (κ1) is 18.4. The third-order valence-electron chi connectivity index (χ3n) is 4.38. The second-order valence-corrected chi connectivity index (χ2v) is 7.76. The molecule has 4 aromatic rings. The summed E-state index contributed by atoms with van der Waals surface area (Å²) in [6, 6.07) is 13.4. The van der Waals surface area contributed by atoms with Gasteiger partial charge in [0.05, 0.1) is 28.2 Å². The number of hydrogen-bond acceptors (Lipinski definition) is 6. The monoisotopic (exact) mass is 411 g/mol. The van der Waals surface area contributed by atoms with E-state index in [1.54, 1.807) is 17.5 Å². The van der Waals surface area contributed by atoms with E-state index in [2.05, 4.69) is 5.10 Å². The predicted molar refractivity (Wildman–Crippen MR) is 111 cm³/mol. The summed E-state index contributed by atoms with van der Waals surface area (Å²) < 4.78 is 13.9. The Bertz CT molecular complexity index is 1250. The van der Waals surface area contributed by atoms with Crippen LogP contribution in [-0.2, 0) is 0 Å². The van der Waals surface area contributed by atoms with Crippen LogP contribution in [-0.4, -0.2) is 15.6 Å². The second-order valence-electron chi connectivity index (χ2n) is 6.22. The number of nitrogens with two attached hydrogens (primary N) is 1. The highest BCUT2D eigenvalue weighted by molar-refractivity contribution is 7.94. The number of aromatic nitrogens is 2. The zero-order valence-corrected chi connectivity index (χ0v) is 16.3. The molecule has 0 spiro atoms. The van der Waals surface area contributed by atoms with Gasteiger partial charge in [-0.25, -0.2) is 0 Å². The average Bonchev–Trinajstić information content (AvgIpc) is 3.11. The molecule has 140 valence electrons. The Morgan fingerprint density at radius 3 is 2.46 bits per heavy atom. The SMILES string of the molecule is Cc1ccc(-n2nc(C(=O)c3ccc(SF)cc3)c3csc(N)c3c2=O)cc1. The van der Waals surface area contributed by atoms with Crippen LogP contribution in [0.25, 0.3) is 16.5 Å². The summed E-state index contributed by atoms with van der Waals surface area (Å²) in [5.41, 5.74) is 7.70. The van der Waals surface area contributed by atoms with E-state index >= 15 is 0 Å². The molecule has 0 atom stereocenters. The number of benzene rings is 2. The maximum absolute atomic E-state index is 13.1. The number of nitrogen functional groups attached to an aromatic ring is 1. The van der Waals surface area contributed by atoms with Gasteiger partial charge in [-0.2, -0.15) is 13.7 Å². The van der Waals surface area contributed by atoms with Gasteiger partial charge in [0.15, 0.2) is 0 Å². The minimum Gasteiger partial charge on any atom is -0.390 e. The van der Waals surface area contributed by atoms with Crippen molar-refractivity contribution < 1.29 is 8.68 Å². The molecule has 0 amide bonds. The lowest BCUT2D eigenvalue weighted by atomic mass is 10.1. The summed E-state index contributed by atoms with van der Waals surface area (Å²) in [6.07, 6.45) is 0. The molecule has 5 nitrogen and oxygen atoms in total. The van der Waals surface area contributed by atoms with Gasteiger partial charge in [-0.3, -0.25) is 9.59 Å². The summed E-state index contributed by atoms with van der Waals surface area (Å²) in [4.78, 5) is 26.5. The third-order valence-corrected chi connectivity index (χ3v) is 5.64. The van der Waals surface area contributed by atoms with Crippen LogP contribution in [0.3, 0.4) is 0 Å². The van der Waals surface area contributed by atoms with E-state index in [-0.39, 0.29) is 34.6 Å². The smallest absolute Gasteiger partial charge is 0.282 e. The van der Waals surface area contributed by atoms with Crippen molar-refractivity contribution in [3.05, 3.63) is 81.1 Å². The first-order chi connectivity index (χ1) is 13.5. The first-order valence-electron chi connectivity index (χ1n) is 8.30. The zero-order chi connectivity index (χ0) is 19.8. The van der Waals surface area contributed by atoms with Crippen LogP contribution < -0.4 is 11.3 Å². The summed E-state index contributed by atoms with van der Waals surface area (Å²) in [5.74, 6) is -0.362. The summed E-state index contributed by atoms with van der Waals surface area (Å²) >= 11 is 1.30. The van der Waals surface area contributed by atoms with Gasteiger partial charge in [0, 0.05) is 21.2 Å². The number of fused-ring (bicyclic) bond motifs is 1. The van der Waals surface area contributed by atoms with Crippen molar-refractivity contribution in [3.63, 3.8) is 0 Å². The Morgan fingerprint density at radius 2 is 1.82 bits per heavy atom. The Hall–Kier alpha value is -2.97. The first-order valence-corrected chi connectivity index (χ1v) is 9.89. The van der Waals surface area contributed by atoms with Crippen LogP contribution >= 0.6 is 23.5 Å². The van der Waals surface area contributed by atoms with Crippen molar-refractivity contribution in [2.75, 3.05) is 5.73 Å². The Balaban J connectivity index is 1.94. The highest BCUT2D eigenvalue weighted by Gasteiger charge is 2.21. The van der Waals surface area contributed by atoms with Crippen LogP contribution in [0.15, 0.2) is 63.6 Å². The molecule has 0 bridgehead atoms. The van der Waals surface area contributed by atoms with Gasteiger partial charge in [-0.05, 0) is 43.3 Å². The van der Waals surface area contributed by atoms with Gasteiger partial charge in [-0.15, -0.1) is 11.3 Å². The molecule has 8 heteroatoms. The number of ketones is 1. The van der Waals surface area contributed by atoms with Crippen molar-refractivity contribution in [2.45, 2.75) is 11.8 Å². The maximum atomic E-state index is 13.1. The normalized spacial score (nSPS) is 11.1. The number of carbonyl (C=O) groups is 1. The number of hydrogen-bond donors (Lipinski definition) is 1. The largest absolute Gasteiger partial charge is 0.390 e. The van der Waals surface area contributed by atoms with Crippen LogP contribution in [0.4, 0.5) is 8.89 Å². The molecule has 0 aliphatic rings. The van der Waals surface area contributed by atoms with E-state index in [4.69, 9.17) is 5.73 Å². The number of thiophene rings is 1. The Morgan fingerprint density at radius 1 is 1.14 bits per heavy atom. The molecular formula is C20H14FN3O2S2. The highest BCUT2D eigenvalue weighted by atomic mass is 32.2. The molecule has 2 heterocycles. The molecule has 4 rings (SSSR count). The standard InChI is InChI=1S/C20H14FN3O2S2/c1-11-2-6-13(7-3-11)24-20(26)16-15(10-27-19(16)22)17(23-24)18(25)12-4-8-14(28-21)9-5-12/h2-10H,22H2,1H3. The number of anilines is 1. The summed E-state index contributed by atoms with van der Waals surface area (Å²) in [6.45, 7) is 1.94. The van der Waals surface area contributed by atoms with E-state index in [1.165, 1.54) is 40.3 Å². The molecule has 0 saturated heterocycles. The average molecular weight is 411 g/mol. The van der Waals surface area contributed by atoms with Crippen molar-refractivity contribution in [2.24, 2.45) is 0 Å². The minimum atomic E-state index is -0.377. The fourth-order valence-electron chi connectivity index (χ4n) is 2.90. The molecule has 0 saturated carbocycles. The second kappa shape index (κ2) is 7.21. The van der Waals surface area contributed by atoms with Crippen LogP contribution in [0.2, 0.25) is 0 Å². The van der Waals surface area contributed by atoms with E-state index in [0.29, 0.717) is 26.5 Å². The van der Waals surface area contributed by atoms with E-state index in [1.807, 2.05) is 19.1 Å². The molecule has 2 aromatic heterocycles. The quantitative estimate of drug-likeness (QED) is 0.499. The molecule has 0 fully saturated rings. The van der Waals surface area contributed by atoms with Crippen molar-refractivity contribution in [1.29, 1.82) is 0 Å². The van der Waals surface area contributed by atoms with E-state index < -0.39 is 0 Å². The summed E-state index contributed by atoms with van der Waals surface area (Å²) in [7, 11) is 0. The molecule has 28 heavy (non-hydrogen) atoms. The molecule has 2 aromatic carbocycles. The molecule has 2 N–H and O–H groups in total. The van der Waals surface area contributed by atoms with E-state index in [9.17, 15) is 13.5 Å². The fraction of sp³-hybridized carbons (Fsp3) is 0.0500. The highest BCUT2D eigenvalue weighted by Crippen LogP contribution is 2.29. The Labute approximate surface area is 167 Å². The van der Waals surface area contributed by atoms with Crippen molar-refractivity contribution >= 4 is 45.0 Å². The predicted octanol–water partition coefficient (Wildman–Crippen LogP) is 4.55. The lowest BCUT2D eigenvalue weighted by Crippen LogP contribution is -2.24. The third kappa shape index (κ3) is 3.10. The summed E-state index contributed by atoms with van der Waals surface area (Å²) in [5, 5.41) is 7.06. The molecule has 0 aliphatic carbocycles. The van der Waals surface area contributed by atoms with Gasteiger partial charge >= 0.3 is 0 Å². The topological polar surface area (TPSA) is 78.0 Å². The minimum absolute atomic E-state index is 0.106. The van der Waals surface area contributed by atoms with Crippen LogP contribution in [0, 0.1) is 6.92 Å². The van der Waals surface area contributed by atoms with Crippen molar-refractivity contribution in [3.8, 4) is 5.69 Å². The maximum Gasteiger partial charge on any atom is 0.282 e. The lowest BCUT2D eigenvalue weighted by Gasteiger charge is -2.09. The van der Waals surface area contributed by atoms with Gasteiger partial charge < -0.3 is 5.73 Å². The van der Waals surface area contributed by atoms with Crippen molar-refractivity contribution in [1.82, 2.24) is 9.78 Å². The Kier molecular flexibility index (Phi) is 4.74. The van der Waals surface area contributed by atoms with Gasteiger partial charge in [-0.1, -0.05) is 17.7 Å². The number of carbonyl (C=O) groups excluding carboxylic acids is 1. The number of halogens is 1. The lowest BCUT2D eigenvalue weighted by molar-refractivity contribution is 0.103. The van der Waals surface area contributed by atoms with Crippen LogP contribution in [0.1, 0.15) is 21.6 Å². The van der Waals surface area contributed by atoms with Gasteiger partial charge in [0.1, 0.15) is 5.69 Å². The fourth-order valence-corrected chi connectivity index (χ4v) is 3.92. The van der Waals surface area contributed by atoms with Gasteiger partial charge in [0.25, 0.3) is 5.56 Å². The van der Waals surface area contributed by atoms with Crippen LogP contribution in [0.5, 0.6) is 0 Å². The number of nitrogens with zero attached hydrogens (tertiary/aromatic N) is 2.